The monoisotopic (exact) mass is 201 g/mol. The number of pyridine rings is 1. The van der Waals surface area contributed by atoms with E-state index in [9.17, 15) is 0 Å². The molecule has 4 heteroatoms. The second-order valence-corrected chi connectivity index (χ2v) is 3.57. The van der Waals surface area contributed by atoms with Crippen LogP contribution < -0.4 is 0 Å². The number of hydrogen-bond donors (Lipinski definition) is 0. The SMILES string of the molecule is N#CCc1csc(-c2ccncc2)n1. The summed E-state index contributed by atoms with van der Waals surface area (Å²) in [5.74, 6) is 0. The summed E-state index contributed by atoms with van der Waals surface area (Å²) in [6.07, 6.45) is 3.85. The molecule has 0 amide bonds. The Labute approximate surface area is 85.7 Å². The van der Waals surface area contributed by atoms with Gasteiger partial charge in [-0.3, -0.25) is 4.98 Å². The van der Waals surface area contributed by atoms with E-state index in [-0.39, 0.29) is 0 Å². The molecule has 0 fully saturated rings. The smallest absolute Gasteiger partial charge is 0.123 e. The van der Waals surface area contributed by atoms with Gasteiger partial charge in [0.2, 0.25) is 0 Å². The molecule has 68 valence electrons. The van der Waals surface area contributed by atoms with Crippen LogP contribution in [-0.4, -0.2) is 9.97 Å². The van der Waals surface area contributed by atoms with Crippen LogP contribution in [0, 0.1) is 11.3 Å². The lowest BCUT2D eigenvalue weighted by atomic mass is 10.3. The number of thiazole rings is 1. The fraction of sp³-hybridized carbons (Fsp3) is 0.100. The van der Waals surface area contributed by atoms with Gasteiger partial charge in [-0.15, -0.1) is 11.3 Å². The summed E-state index contributed by atoms with van der Waals surface area (Å²) in [4.78, 5) is 8.28. The molecule has 0 N–H and O–H groups in total. The van der Waals surface area contributed by atoms with Gasteiger partial charge in [0.25, 0.3) is 0 Å². The van der Waals surface area contributed by atoms with Crippen LogP contribution in [0.2, 0.25) is 0 Å². The zero-order chi connectivity index (χ0) is 9.80. The van der Waals surface area contributed by atoms with E-state index in [1.165, 1.54) is 0 Å². The largest absolute Gasteiger partial charge is 0.265 e. The van der Waals surface area contributed by atoms with Crippen LogP contribution in [0.3, 0.4) is 0 Å². The van der Waals surface area contributed by atoms with Gasteiger partial charge >= 0.3 is 0 Å². The normalized spacial score (nSPS) is 9.64. The van der Waals surface area contributed by atoms with Gasteiger partial charge in [0.1, 0.15) is 5.01 Å². The van der Waals surface area contributed by atoms with Gasteiger partial charge in [-0.25, -0.2) is 4.98 Å². The molecule has 0 aromatic carbocycles. The highest BCUT2D eigenvalue weighted by atomic mass is 32.1. The highest BCUT2D eigenvalue weighted by Gasteiger charge is 2.03. The molecule has 2 aromatic rings. The summed E-state index contributed by atoms with van der Waals surface area (Å²) in [6.45, 7) is 0. The van der Waals surface area contributed by atoms with E-state index in [0.29, 0.717) is 6.42 Å². The molecule has 0 bridgehead atoms. The minimum absolute atomic E-state index is 0.377. The molecule has 14 heavy (non-hydrogen) atoms. The van der Waals surface area contributed by atoms with Crippen molar-refractivity contribution in [3.8, 4) is 16.6 Å². The van der Waals surface area contributed by atoms with Crippen LogP contribution >= 0.6 is 11.3 Å². The van der Waals surface area contributed by atoms with Crippen molar-refractivity contribution in [1.29, 1.82) is 5.26 Å². The van der Waals surface area contributed by atoms with Crippen molar-refractivity contribution in [1.82, 2.24) is 9.97 Å². The second kappa shape index (κ2) is 3.99. The summed E-state index contributed by atoms with van der Waals surface area (Å²) >= 11 is 1.55. The maximum atomic E-state index is 8.50. The zero-order valence-electron chi connectivity index (χ0n) is 7.34. The minimum atomic E-state index is 0.377. The Bertz CT molecular complexity index is 456. The predicted octanol–water partition coefficient (Wildman–Crippen LogP) is 2.27. The van der Waals surface area contributed by atoms with Gasteiger partial charge in [0, 0.05) is 23.3 Å². The second-order valence-electron chi connectivity index (χ2n) is 2.71. The maximum Gasteiger partial charge on any atom is 0.123 e. The molecule has 0 spiro atoms. The Kier molecular flexibility index (Phi) is 2.52. The average molecular weight is 201 g/mol. The maximum absolute atomic E-state index is 8.50. The van der Waals surface area contributed by atoms with Gasteiger partial charge in [-0.1, -0.05) is 0 Å². The van der Waals surface area contributed by atoms with Crippen molar-refractivity contribution in [3.05, 3.63) is 35.6 Å². The predicted molar refractivity (Wildman–Crippen MR) is 54.7 cm³/mol. The zero-order valence-corrected chi connectivity index (χ0v) is 8.16. The first-order valence-corrected chi connectivity index (χ1v) is 5.00. The standard InChI is InChI=1S/C10H7N3S/c11-4-1-9-7-14-10(13-9)8-2-5-12-6-3-8/h2-3,5-7H,1H2. The van der Waals surface area contributed by atoms with E-state index in [1.807, 2.05) is 17.5 Å². The van der Waals surface area contributed by atoms with Crippen molar-refractivity contribution in [2.75, 3.05) is 0 Å². The summed E-state index contributed by atoms with van der Waals surface area (Å²) in [5, 5.41) is 11.4. The van der Waals surface area contributed by atoms with Gasteiger partial charge < -0.3 is 0 Å². The van der Waals surface area contributed by atoms with Crippen LogP contribution in [0.25, 0.3) is 10.6 Å². The van der Waals surface area contributed by atoms with E-state index in [0.717, 1.165) is 16.3 Å². The Balaban J connectivity index is 2.31. The van der Waals surface area contributed by atoms with Crippen molar-refractivity contribution in [2.45, 2.75) is 6.42 Å². The molecule has 0 aliphatic heterocycles. The molecule has 2 aromatic heterocycles. The van der Waals surface area contributed by atoms with Gasteiger partial charge in [-0.2, -0.15) is 5.26 Å². The van der Waals surface area contributed by atoms with E-state index < -0.39 is 0 Å². The lowest BCUT2D eigenvalue weighted by molar-refractivity contribution is 1.16. The van der Waals surface area contributed by atoms with Crippen molar-refractivity contribution in [3.63, 3.8) is 0 Å². The molecule has 0 aliphatic carbocycles. The molecule has 0 atom stereocenters. The molecule has 0 aliphatic rings. The fourth-order valence-corrected chi connectivity index (χ4v) is 1.92. The van der Waals surface area contributed by atoms with Crippen molar-refractivity contribution in [2.24, 2.45) is 0 Å². The van der Waals surface area contributed by atoms with Crippen molar-refractivity contribution < 1.29 is 0 Å². The lowest BCUT2D eigenvalue weighted by Gasteiger charge is -1.92. The Morgan fingerprint density at radius 3 is 2.86 bits per heavy atom. The summed E-state index contributed by atoms with van der Waals surface area (Å²) < 4.78 is 0. The van der Waals surface area contributed by atoms with Crippen LogP contribution in [0.1, 0.15) is 5.69 Å². The average Bonchev–Trinajstić information content (AvgIpc) is 2.68. The Hall–Kier alpha value is -1.73. The number of nitriles is 1. The first-order chi connectivity index (χ1) is 6.90. The van der Waals surface area contributed by atoms with Crippen LogP contribution in [-0.2, 0) is 6.42 Å². The number of nitrogens with zero attached hydrogens (tertiary/aromatic N) is 3. The molecule has 3 nitrogen and oxygen atoms in total. The molecule has 0 saturated heterocycles. The molecule has 2 heterocycles. The quantitative estimate of drug-likeness (QED) is 0.748. The molecule has 0 radical (unpaired) electrons. The fourth-order valence-electron chi connectivity index (χ4n) is 1.10. The summed E-state index contributed by atoms with van der Waals surface area (Å²) in [6, 6.07) is 5.90. The Morgan fingerprint density at radius 1 is 1.36 bits per heavy atom. The van der Waals surface area contributed by atoms with E-state index >= 15 is 0 Å². The number of aromatic nitrogens is 2. The first kappa shape index (κ1) is 8.85. The molecule has 0 saturated carbocycles. The Morgan fingerprint density at radius 2 is 2.14 bits per heavy atom. The van der Waals surface area contributed by atoms with Crippen molar-refractivity contribution >= 4 is 11.3 Å². The first-order valence-electron chi connectivity index (χ1n) is 4.12. The third kappa shape index (κ3) is 1.78. The van der Waals surface area contributed by atoms with Gasteiger partial charge in [0.15, 0.2) is 0 Å². The van der Waals surface area contributed by atoms with Crippen LogP contribution in [0.5, 0.6) is 0 Å². The third-order valence-corrected chi connectivity index (χ3v) is 2.68. The topological polar surface area (TPSA) is 49.6 Å². The number of rotatable bonds is 2. The van der Waals surface area contributed by atoms with Crippen LogP contribution in [0.15, 0.2) is 29.9 Å². The van der Waals surface area contributed by atoms with Crippen LogP contribution in [0.4, 0.5) is 0 Å². The minimum Gasteiger partial charge on any atom is -0.265 e. The highest BCUT2D eigenvalue weighted by molar-refractivity contribution is 7.13. The van der Waals surface area contributed by atoms with E-state index in [1.54, 1.807) is 23.7 Å². The molecular weight excluding hydrogens is 194 g/mol. The van der Waals surface area contributed by atoms with Gasteiger partial charge in [0.05, 0.1) is 18.2 Å². The highest BCUT2D eigenvalue weighted by Crippen LogP contribution is 2.22. The van der Waals surface area contributed by atoms with Gasteiger partial charge in [-0.05, 0) is 12.1 Å². The van der Waals surface area contributed by atoms with E-state index in [2.05, 4.69) is 16.0 Å². The summed E-state index contributed by atoms with van der Waals surface area (Å²) in [5.41, 5.74) is 1.89. The van der Waals surface area contributed by atoms with E-state index in [4.69, 9.17) is 5.26 Å². The lowest BCUT2D eigenvalue weighted by Crippen LogP contribution is -1.81. The third-order valence-electron chi connectivity index (χ3n) is 1.74. The number of hydrogen-bond acceptors (Lipinski definition) is 4. The molecule has 0 unspecified atom stereocenters. The molecule has 2 rings (SSSR count). The summed E-state index contributed by atoms with van der Waals surface area (Å²) in [7, 11) is 0. The molecular formula is C10H7N3S.